The molecule has 29 heavy (non-hydrogen) atoms. The average Bonchev–Trinajstić information content (AvgIpc) is 3.18. The van der Waals surface area contributed by atoms with E-state index in [1.54, 1.807) is 23.5 Å². The van der Waals surface area contributed by atoms with Gasteiger partial charge in [0.25, 0.3) is 5.91 Å². The van der Waals surface area contributed by atoms with E-state index in [0.717, 1.165) is 10.4 Å². The maximum absolute atomic E-state index is 12.9. The number of thiophene rings is 1. The van der Waals surface area contributed by atoms with Gasteiger partial charge in [0.1, 0.15) is 5.56 Å². The van der Waals surface area contributed by atoms with Gasteiger partial charge in [0, 0.05) is 37.9 Å². The lowest BCUT2D eigenvalue weighted by Gasteiger charge is -2.10. The van der Waals surface area contributed by atoms with Gasteiger partial charge in [-0.15, -0.1) is 11.3 Å². The third-order valence-electron chi connectivity index (χ3n) is 4.90. The first kappa shape index (κ1) is 17.4. The molecule has 5 aromatic rings. The van der Waals surface area contributed by atoms with Crippen LogP contribution in [0, 0.1) is 0 Å². The first-order chi connectivity index (χ1) is 14.2. The number of benzene rings is 3. The molecule has 0 spiro atoms. The molecule has 4 nitrogen and oxygen atoms in total. The van der Waals surface area contributed by atoms with Crippen molar-refractivity contribution in [1.29, 1.82) is 0 Å². The summed E-state index contributed by atoms with van der Waals surface area (Å²) in [6.07, 6.45) is 1.47. The van der Waals surface area contributed by atoms with E-state index in [2.05, 4.69) is 28.5 Å². The van der Waals surface area contributed by atoms with E-state index >= 15 is 0 Å². The van der Waals surface area contributed by atoms with Crippen molar-refractivity contribution < 1.29 is 4.79 Å². The van der Waals surface area contributed by atoms with Crippen LogP contribution in [-0.2, 0) is 0 Å². The van der Waals surface area contributed by atoms with E-state index in [0.29, 0.717) is 16.6 Å². The topological polar surface area (TPSA) is 62.0 Å². The van der Waals surface area contributed by atoms with E-state index in [9.17, 15) is 9.59 Å². The molecule has 2 N–H and O–H groups in total. The van der Waals surface area contributed by atoms with Gasteiger partial charge in [-0.3, -0.25) is 9.59 Å². The third kappa shape index (κ3) is 3.11. The van der Waals surface area contributed by atoms with Crippen molar-refractivity contribution in [3.05, 3.63) is 101 Å². The number of nitrogens with one attached hydrogen (secondary N) is 2. The van der Waals surface area contributed by atoms with Crippen molar-refractivity contribution in [2.24, 2.45) is 0 Å². The summed E-state index contributed by atoms with van der Waals surface area (Å²) in [5, 5.41) is 4.59. The first-order valence-corrected chi connectivity index (χ1v) is 10.0. The lowest BCUT2D eigenvalue weighted by molar-refractivity contribution is 0.102. The molecule has 2 aromatic heterocycles. The average molecular weight is 396 g/mol. The summed E-state index contributed by atoms with van der Waals surface area (Å²) in [6.45, 7) is 0. The molecule has 0 unspecified atom stereocenters. The van der Waals surface area contributed by atoms with Crippen LogP contribution in [0.15, 0.2) is 89.9 Å². The number of fused-ring (bicyclic) bond motifs is 2. The van der Waals surface area contributed by atoms with Crippen LogP contribution in [0.5, 0.6) is 0 Å². The molecule has 0 radical (unpaired) electrons. The normalized spacial score (nSPS) is 11.0. The summed E-state index contributed by atoms with van der Waals surface area (Å²) in [5.74, 6) is -0.425. The molecule has 0 aliphatic rings. The summed E-state index contributed by atoms with van der Waals surface area (Å²) < 4.78 is 1.19. The lowest BCUT2D eigenvalue weighted by atomic mass is 10.1. The highest BCUT2D eigenvalue weighted by molar-refractivity contribution is 7.22. The van der Waals surface area contributed by atoms with Crippen molar-refractivity contribution in [3.63, 3.8) is 0 Å². The molecule has 2 heterocycles. The molecule has 0 aliphatic heterocycles. The largest absolute Gasteiger partial charge is 0.360 e. The number of para-hydroxylation sites is 2. The smallest absolute Gasteiger partial charge is 0.261 e. The van der Waals surface area contributed by atoms with E-state index in [1.807, 2.05) is 48.5 Å². The van der Waals surface area contributed by atoms with Gasteiger partial charge in [0.15, 0.2) is 0 Å². The van der Waals surface area contributed by atoms with Gasteiger partial charge in [-0.25, -0.2) is 0 Å². The predicted octanol–water partition coefficient (Wildman–Crippen LogP) is 5.66. The molecular weight excluding hydrogens is 380 g/mol. The molecule has 0 saturated carbocycles. The number of hydrogen-bond donors (Lipinski definition) is 2. The standard InChI is InChI=1S/C24H16N2O2S/c27-23-17-9-3-4-10-19(17)25-14-18(23)24(28)26-20-11-5-2-8-16(20)22-13-15-7-1-6-12-21(15)29-22/h1-14H,(H,25,27)(H,26,28). The SMILES string of the molecule is O=C(Nc1ccccc1-c1cc2ccccc2s1)c1c[nH]c2ccccc2c1=O. The Bertz CT molecular complexity index is 1400. The molecule has 5 heteroatoms. The molecule has 0 saturated heterocycles. The maximum atomic E-state index is 12.9. The molecule has 0 aliphatic carbocycles. The summed E-state index contributed by atoms with van der Waals surface area (Å²) in [5.41, 5.74) is 2.13. The fraction of sp³-hybridized carbons (Fsp3) is 0. The molecule has 3 aromatic carbocycles. The summed E-state index contributed by atoms with van der Waals surface area (Å²) in [6, 6.07) is 25.1. The van der Waals surface area contributed by atoms with Crippen molar-refractivity contribution in [2.45, 2.75) is 0 Å². The Hall–Kier alpha value is -3.70. The highest BCUT2D eigenvalue weighted by Gasteiger charge is 2.16. The van der Waals surface area contributed by atoms with Crippen LogP contribution >= 0.6 is 11.3 Å². The second kappa shape index (κ2) is 7.04. The van der Waals surface area contributed by atoms with Crippen molar-refractivity contribution in [3.8, 4) is 10.4 Å². The number of amides is 1. The monoisotopic (exact) mass is 396 g/mol. The zero-order valence-corrected chi connectivity index (χ0v) is 16.1. The highest BCUT2D eigenvalue weighted by atomic mass is 32.1. The lowest BCUT2D eigenvalue weighted by Crippen LogP contribution is -2.22. The molecule has 0 atom stereocenters. The second-order valence-corrected chi connectivity index (χ2v) is 7.81. The summed E-state index contributed by atoms with van der Waals surface area (Å²) in [7, 11) is 0. The Morgan fingerprint density at radius 2 is 1.66 bits per heavy atom. The molecular formula is C24H16N2O2S. The van der Waals surface area contributed by atoms with Gasteiger partial charge >= 0.3 is 0 Å². The molecule has 1 amide bonds. The Morgan fingerprint density at radius 3 is 2.55 bits per heavy atom. The number of aromatic amines is 1. The number of aromatic nitrogens is 1. The Kier molecular flexibility index (Phi) is 4.22. The minimum atomic E-state index is -0.425. The summed E-state index contributed by atoms with van der Waals surface area (Å²) >= 11 is 1.67. The minimum Gasteiger partial charge on any atom is -0.360 e. The van der Waals surface area contributed by atoms with E-state index in [1.165, 1.54) is 16.3 Å². The van der Waals surface area contributed by atoms with E-state index < -0.39 is 5.91 Å². The van der Waals surface area contributed by atoms with Crippen LogP contribution in [0.2, 0.25) is 0 Å². The summed E-state index contributed by atoms with van der Waals surface area (Å²) in [4.78, 5) is 29.8. The van der Waals surface area contributed by atoms with Gasteiger partial charge in [0.05, 0.1) is 0 Å². The third-order valence-corrected chi connectivity index (χ3v) is 6.05. The highest BCUT2D eigenvalue weighted by Crippen LogP contribution is 2.37. The Morgan fingerprint density at radius 1 is 0.897 bits per heavy atom. The van der Waals surface area contributed by atoms with Gasteiger partial charge in [-0.2, -0.15) is 0 Å². The molecule has 0 fully saturated rings. The number of H-pyrrole nitrogens is 1. The maximum Gasteiger partial charge on any atom is 0.261 e. The van der Waals surface area contributed by atoms with E-state index in [-0.39, 0.29) is 11.0 Å². The van der Waals surface area contributed by atoms with Gasteiger partial charge < -0.3 is 10.3 Å². The van der Waals surface area contributed by atoms with Crippen molar-refractivity contribution in [1.82, 2.24) is 4.98 Å². The van der Waals surface area contributed by atoms with Crippen LogP contribution in [0.25, 0.3) is 31.4 Å². The number of anilines is 1. The molecule has 5 rings (SSSR count). The van der Waals surface area contributed by atoms with Crippen LogP contribution in [-0.4, -0.2) is 10.9 Å². The number of hydrogen-bond acceptors (Lipinski definition) is 3. The quantitative estimate of drug-likeness (QED) is 0.413. The number of carbonyl (C=O) groups is 1. The van der Waals surface area contributed by atoms with Gasteiger partial charge in [-0.05, 0) is 35.7 Å². The number of carbonyl (C=O) groups excluding carboxylic acids is 1. The number of pyridine rings is 1. The van der Waals surface area contributed by atoms with Crippen LogP contribution in [0.1, 0.15) is 10.4 Å². The van der Waals surface area contributed by atoms with Crippen LogP contribution in [0.4, 0.5) is 5.69 Å². The second-order valence-electron chi connectivity index (χ2n) is 6.73. The van der Waals surface area contributed by atoms with Crippen molar-refractivity contribution in [2.75, 3.05) is 5.32 Å². The van der Waals surface area contributed by atoms with Crippen LogP contribution < -0.4 is 10.7 Å². The van der Waals surface area contributed by atoms with Gasteiger partial charge in [0.2, 0.25) is 5.43 Å². The number of rotatable bonds is 3. The zero-order valence-electron chi connectivity index (χ0n) is 15.3. The van der Waals surface area contributed by atoms with E-state index in [4.69, 9.17) is 0 Å². The van der Waals surface area contributed by atoms with Crippen LogP contribution in [0.3, 0.4) is 0 Å². The minimum absolute atomic E-state index is 0.0924. The zero-order chi connectivity index (χ0) is 19.8. The fourth-order valence-electron chi connectivity index (χ4n) is 3.45. The molecule has 0 bridgehead atoms. The van der Waals surface area contributed by atoms with Gasteiger partial charge in [-0.1, -0.05) is 48.5 Å². The van der Waals surface area contributed by atoms with Crippen molar-refractivity contribution >= 4 is 43.9 Å². The predicted molar refractivity (Wildman–Crippen MR) is 120 cm³/mol. The Labute approximate surface area is 170 Å². The molecule has 140 valence electrons. The first-order valence-electron chi connectivity index (χ1n) is 9.20. The Balaban J connectivity index is 1.54. The fourth-order valence-corrected chi connectivity index (χ4v) is 4.55.